The summed E-state index contributed by atoms with van der Waals surface area (Å²) in [5.74, 6) is 0.381. The van der Waals surface area contributed by atoms with Crippen molar-refractivity contribution in [2.75, 3.05) is 11.4 Å². The standard InChI is InChI=1S/C16H15N3O3/c1-9-17-13-10-5-2-3-7-12(10)22-14(13)15(18-9)19-8-4-6-11(19)16(20)21/h2-3,5,7,11H,4,6,8H2,1H3,(H,20,21). The molecule has 0 spiro atoms. The topological polar surface area (TPSA) is 79.5 Å². The maximum atomic E-state index is 11.5. The summed E-state index contributed by atoms with van der Waals surface area (Å²) in [6, 6.07) is 7.13. The van der Waals surface area contributed by atoms with E-state index < -0.39 is 12.0 Å². The fraction of sp³-hybridized carbons (Fsp3) is 0.312. The summed E-state index contributed by atoms with van der Waals surface area (Å²) in [7, 11) is 0. The Morgan fingerprint density at radius 2 is 2.18 bits per heavy atom. The van der Waals surface area contributed by atoms with Crippen molar-refractivity contribution in [2.24, 2.45) is 0 Å². The van der Waals surface area contributed by atoms with Gasteiger partial charge in [0.25, 0.3) is 0 Å². The van der Waals surface area contributed by atoms with E-state index in [1.54, 1.807) is 0 Å². The number of carbonyl (C=O) groups is 1. The molecule has 22 heavy (non-hydrogen) atoms. The lowest BCUT2D eigenvalue weighted by molar-refractivity contribution is -0.138. The van der Waals surface area contributed by atoms with Crippen molar-refractivity contribution < 1.29 is 14.3 Å². The smallest absolute Gasteiger partial charge is 0.326 e. The quantitative estimate of drug-likeness (QED) is 0.783. The van der Waals surface area contributed by atoms with Gasteiger partial charge in [0.15, 0.2) is 11.4 Å². The first-order valence-electron chi connectivity index (χ1n) is 7.30. The van der Waals surface area contributed by atoms with Crippen LogP contribution in [0.5, 0.6) is 0 Å². The molecule has 1 saturated heterocycles. The predicted molar refractivity (Wildman–Crippen MR) is 82.1 cm³/mol. The minimum atomic E-state index is -0.821. The van der Waals surface area contributed by atoms with Crippen molar-refractivity contribution in [2.45, 2.75) is 25.8 Å². The Balaban J connectivity index is 1.99. The molecule has 6 heteroatoms. The Labute approximate surface area is 126 Å². The van der Waals surface area contributed by atoms with E-state index in [-0.39, 0.29) is 0 Å². The number of rotatable bonds is 2. The van der Waals surface area contributed by atoms with Gasteiger partial charge in [0.1, 0.15) is 23.0 Å². The molecule has 1 aromatic carbocycles. The minimum Gasteiger partial charge on any atom is -0.480 e. The van der Waals surface area contributed by atoms with Crippen LogP contribution in [0.4, 0.5) is 5.82 Å². The van der Waals surface area contributed by atoms with Crippen molar-refractivity contribution in [1.29, 1.82) is 0 Å². The average molecular weight is 297 g/mol. The normalized spacial score (nSPS) is 18.4. The Morgan fingerprint density at radius 3 is 3.00 bits per heavy atom. The molecule has 1 aliphatic rings. The number of anilines is 1. The lowest BCUT2D eigenvalue weighted by Gasteiger charge is -2.22. The van der Waals surface area contributed by atoms with Crippen molar-refractivity contribution in [3.63, 3.8) is 0 Å². The SMILES string of the molecule is Cc1nc(N2CCCC2C(=O)O)c2oc3ccccc3c2n1. The van der Waals surface area contributed by atoms with Crippen LogP contribution in [-0.4, -0.2) is 33.6 Å². The first kappa shape index (κ1) is 13.1. The zero-order chi connectivity index (χ0) is 15.3. The van der Waals surface area contributed by atoms with E-state index in [9.17, 15) is 9.90 Å². The van der Waals surface area contributed by atoms with Crippen LogP contribution in [-0.2, 0) is 4.79 Å². The molecular weight excluding hydrogens is 282 g/mol. The third-order valence-corrected chi connectivity index (χ3v) is 4.12. The third kappa shape index (κ3) is 1.83. The third-order valence-electron chi connectivity index (χ3n) is 4.12. The van der Waals surface area contributed by atoms with Crippen molar-refractivity contribution >= 4 is 33.9 Å². The number of fused-ring (bicyclic) bond motifs is 3. The second-order valence-electron chi connectivity index (χ2n) is 5.56. The van der Waals surface area contributed by atoms with Crippen LogP contribution >= 0.6 is 0 Å². The van der Waals surface area contributed by atoms with Crippen LogP contribution in [0.25, 0.3) is 22.1 Å². The number of hydrogen-bond acceptors (Lipinski definition) is 5. The first-order valence-corrected chi connectivity index (χ1v) is 7.30. The Kier molecular flexibility index (Phi) is 2.79. The molecule has 0 amide bonds. The van der Waals surface area contributed by atoms with Gasteiger partial charge in [-0.15, -0.1) is 0 Å². The summed E-state index contributed by atoms with van der Waals surface area (Å²) in [5.41, 5.74) is 2.05. The summed E-state index contributed by atoms with van der Waals surface area (Å²) in [6.45, 7) is 2.48. The molecule has 2 aromatic heterocycles. The maximum Gasteiger partial charge on any atom is 0.326 e. The molecule has 1 aliphatic heterocycles. The van der Waals surface area contributed by atoms with Gasteiger partial charge in [0.05, 0.1) is 0 Å². The summed E-state index contributed by atoms with van der Waals surface area (Å²) < 4.78 is 5.92. The van der Waals surface area contributed by atoms with E-state index in [0.717, 1.165) is 22.9 Å². The highest BCUT2D eigenvalue weighted by Crippen LogP contribution is 2.35. The van der Waals surface area contributed by atoms with Gasteiger partial charge in [0.2, 0.25) is 0 Å². The zero-order valence-electron chi connectivity index (χ0n) is 12.1. The fourth-order valence-electron chi connectivity index (χ4n) is 3.16. The van der Waals surface area contributed by atoms with E-state index in [1.807, 2.05) is 36.1 Å². The van der Waals surface area contributed by atoms with Crippen LogP contribution in [0.15, 0.2) is 28.7 Å². The van der Waals surface area contributed by atoms with Gasteiger partial charge in [-0.25, -0.2) is 14.8 Å². The van der Waals surface area contributed by atoms with Gasteiger partial charge in [0, 0.05) is 11.9 Å². The van der Waals surface area contributed by atoms with Crippen LogP contribution in [0.3, 0.4) is 0 Å². The summed E-state index contributed by atoms with van der Waals surface area (Å²) in [5, 5.41) is 10.3. The highest BCUT2D eigenvalue weighted by molar-refractivity contribution is 6.06. The molecule has 6 nitrogen and oxygen atoms in total. The highest BCUT2D eigenvalue weighted by Gasteiger charge is 2.33. The summed E-state index contributed by atoms with van der Waals surface area (Å²) >= 11 is 0. The molecule has 0 radical (unpaired) electrons. The molecule has 0 saturated carbocycles. The Morgan fingerprint density at radius 1 is 1.36 bits per heavy atom. The Hall–Kier alpha value is -2.63. The van der Waals surface area contributed by atoms with Gasteiger partial charge in [-0.05, 0) is 31.9 Å². The number of aromatic nitrogens is 2. The van der Waals surface area contributed by atoms with Gasteiger partial charge in [-0.2, -0.15) is 0 Å². The van der Waals surface area contributed by atoms with Crippen LogP contribution in [0, 0.1) is 6.92 Å². The van der Waals surface area contributed by atoms with E-state index >= 15 is 0 Å². The van der Waals surface area contributed by atoms with E-state index in [0.29, 0.717) is 30.2 Å². The van der Waals surface area contributed by atoms with Crippen LogP contribution in [0.1, 0.15) is 18.7 Å². The molecule has 112 valence electrons. The van der Waals surface area contributed by atoms with E-state index in [1.165, 1.54) is 0 Å². The van der Waals surface area contributed by atoms with Gasteiger partial charge < -0.3 is 14.4 Å². The largest absolute Gasteiger partial charge is 0.480 e. The molecule has 0 aliphatic carbocycles. The fourth-order valence-corrected chi connectivity index (χ4v) is 3.16. The molecule has 4 rings (SSSR count). The van der Waals surface area contributed by atoms with Crippen molar-refractivity contribution in [1.82, 2.24) is 9.97 Å². The average Bonchev–Trinajstić information content (AvgIpc) is 3.11. The summed E-state index contributed by atoms with van der Waals surface area (Å²) in [4.78, 5) is 22.2. The number of aliphatic carboxylic acids is 1. The highest BCUT2D eigenvalue weighted by atomic mass is 16.4. The molecular formula is C16H15N3O3. The second kappa shape index (κ2) is 4.69. The molecule has 3 aromatic rings. The number of para-hydroxylation sites is 1. The Bertz CT molecular complexity index is 887. The predicted octanol–water partition coefficient (Wildman–Crippen LogP) is 2.74. The molecule has 1 fully saturated rings. The molecule has 1 atom stereocenters. The molecule has 3 heterocycles. The number of benzene rings is 1. The second-order valence-corrected chi connectivity index (χ2v) is 5.56. The lowest BCUT2D eigenvalue weighted by Crippen LogP contribution is -2.36. The molecule has 1 unspecified atom stereocenters. The first-order chi connectivity index (χ1) is 10.6. The minimum absolute atomic E-state index is 0.550. The molecule has 1 N–H and O–H groups in total. The number of carboxylic acids is 1. The van der Waals surface area contributed by atoms with Gasteiger partial charge >= 0.3 is 5.97 Å². The lowest BCUT2D eigenvalue weighted by atomic mass is 10.2. The van der Waals surface area contributed by atoms with Gasteiger partial charge in [-0.1, -0.05) is 12.1 Å². The van der Waals surface area contributed by atoms with Crippen molar-refractivity contribution in [3.05, 3.63) is 30.1 Å². The van der Waals surface area contributed by atoms with Crippen LogP contribution in [0.2, 0.25) is 0 Å². The van der Waals surface area contributed by atoms with E-state index in [4.69, 9.17) is 4.42 Å². The molecule has 0 bridgehead atoms. The monoisotopic (exact) mass is 297 g/mol. The number of nitrogens with zero attached hydrogens (tertiary/aromatic N) is 3. The number of hydrogen-bond donors (Lipinski definition) is 1. The van der Waals surface area contributed by atoms with Crippen LogP contribution < -0.4 is 4.90 Å². The maximum absolute atomic E-state index is 11.5. The number of furan rings is 1. The van der Waals surface area contributed by atoms with Crippen molar-refractivity contribution in [3.8, 4) is 0 Å². The van der Waals surface area contributed by atoms with E-state index in [2.05, 4.69) is 9.97 Å². The zero-order valence-corrected chi connectivity index (χ0v) is 12.1. The van der Waals surface area contributed by atoms with Gasteiger partial charge in [-0.3, -0.25) is 0 Å². The number of aryl methyl sites for hydroxylation is 1. The number of carboxylic acid groups (broad SMARTS) is 1. The summed E-state index contributed by atoms with van der Waals surface area (Å²) in [6.07, 6.45) is 1.46.